The van der Waals surface area contributed by atoms with Crippen LogP contribution in [-0.2, 0) is 16.1 Å². The largest absolute Gasteiger partial charge is 0.484 e. The van der Waals surface area contributed by atoms with Crippen molar-refractivity contribution in [1.82, 2.24) is 10.2 Å². The fourth-order valence-corrected chi connectivity index (χ4v) is 3.07. The van der Waals surface area contributed by atoms with Crippen molar-refractivity contribution in [3.63, 3.8) is 0 Å². The van der Waals surface area contributed by atoms with Crippen LogP contribution in [0.2, 0.25) is 0 Å². The minimum Gasteiger partial charge on any atom is -0.484 e. The van der Waals surface area contributed by atoms with E-state index in [0.29, 0.717) is 18.7 Å². The summed E-state index contributed by atoms with van der Waals surface area (Å²) >= 11 is 1.61. The Hall–Kier alpha value is -2.54. The average molecular weight is 405 g/mol. The zero-order chi connectivity index (χ0) is 20.4. The van der Waals surface area contributed by atoms with Crippen molar-refractivity contribution in [3.05, 3.63) is 66.0 Å². The lowest BCUT2D eigenvalue weighted by atomic mass is 10.1. The number of benzene rings is 2. The summed E-state index contributed by atoms with van der Waals surface area (Å²) in [5.74, 6) is 0.477. The second kappa shape index (κ2) is 11.3. The maximum Gasteiger partial charge on any atom is 0.258 e. The first kappa shape index (κ1) is 21.8. The van der Waals surface area contributed by atoms with Crippen molar-refractivity contribution in [1.29, 1.82) is 0 Å². The topological polar surface area (TPSA) is 58.6 Å². The minimum absolute atomic E-state index is 0.158. The molecular weight excluding hydrogens is 379 g/mol. The second-order valence-electron chi connectivity index (χ2n) is 6.32. The lowest BCUT2D eigenvalue weighted by Gasteiger charge is -2.24. The lowest BCUT2D eigenvalue weighted by molar-refractivity contribution is -0.136. The van der Waals surface area contributed by atoms with Crippen LogP contribution < -0.4 is 10.1 Å². The summed E-state index contributed by atoms with van der Waals surface area (Å²) in [6, 6.07) is 14.4. The standard InChI is InChI=1S/C21H25FN2O3S/c1-24(14-16-8-10-17(22)11-9-16)21(26)19(12-13-28-2)23-20(25)15-27-18-6-4-3-5-7-18/h3-11,19H,12-15H2,1-2H3,(H,23,25)/t19-/m1/s1. The molecule has 0 aliphatic carbocycles. The number of nitrogens with zero attached hydrogens (tertiary/aromatic N) is 1. The normalized spacial score (nSPS) is 11.5. The van der Waals surface area contributed by atoms with Crippen molar-refractivity contribution in [2.75, 3.05) is 25.7 Å². The molecule has 0 radical (unpaired) electrons. The molecule has 0 aliphatic heterocycles. The van der Waals surface area contributed by atoms with Crippen LogP contribution in [0.25, 0.3) is 0 Å². The summed E-state index contributed by atoms with van der Waals surface area (Å²) in [5, 5.41) is 2.77. The molecule has 0 unspecified atom stereocenters. The van der Waals surface area contributed by atoms with Gasteiger partial charge in [-0.3, -0.25) is 9.59 Å². The first-order valence-corrected chi connectivity index (χ1v) is 10.3. The van der Waals surface area contributed by atoms with E-state index < -0.39 is 6.04 Å². The third kappa shape index (κ3) is 7.23. The molecule has 0 heterocycles. The van der Waals surface area contributed by atoms with E-state index in [9.17, 15) is 14.0 Å². The molecular formula is C21H25FN2O3S. The summed E-state index contributed by atoms with van der Waals surface area (Å²) in [7, 11) is 1.67. The van der Waals surface area contributed by atoms with Gasteiger partial charge < -0.3 is 15.0 Å². The summed E-state index contributed by atoms with van der Waals surface area (Å²) in [4.78, 5) is 26.6. The number of hydrogen-bond donors (Lipinski definition) is 1. The fourth-order valence-electron chi connectivity index (χ4n) is 2.60. The van der Waals surface area contributed by atoms with Gasteiger partial charge in [-0.2, -0.15) is 11.8 Å². The first-order valence-electron chi connectivity index (χ1n) is 8.95. The van der Waals surface area contributed by atoms with E-state index in [1.807, 2.05) is 24.5 Å². The molecule has 0 saturated heterocycles. The van der Waals surface area contributed by atoms with Gasteiger partial charge in [-0.25, -0.2) is 4.39 Å². The Labute approximate surface area is 169 Å². The molecule has 7 heteroatoms. The van der Waals surface area contributed by atoms with Gasteiger partial charge in [-0.15, -0.1) is 0 Å². The van der Waals surface area contributed by atoms with E-state index in [1.54, 1.807) is 43.1 Å². The van der Waals surface area contributed by atoms with Crippen molar-refractivity contribution in [3.8, 4) is 5.75 Å². The quantitative estimate of drug-likeness (QED) is 0.661. The van der Waals surface area contributed by atoms with E-state index in [4.69, 9.17) is 4.74 Å². The van der Waals surface area contributed by atoms with Crippen LogP contribution in [0.15, 0.2) is 54.6 Å². The number of carbonyl (C=O) groups excluding carboxylic acids is 2. The Morgan fingerprint density at radius 1 is 1.14 bits per heavy atom. The van der Waals surface area contributed by atoms with Crippen molar-refractivity contribution < 1.29 is 18.7 Å². The van der Waals surface area contributed by atoms with E-state index in [2.05, 4.69) is 5.32 Å². The van der Waals surface area contributed by atoms with Crippen LogP contribution in [-0.4, -0.2) is 48.4 Å². The van der Waals surface area contributed by atoms with Crippen LogP contribution in [0.1, 0.15) is 12.0 Å². The van der Waals surface area contributed by atoms with Crippen LogP contribution >= 0.6 is 11.8 Å². The van der Waals surface area contributed by atoms with Gasteiger partial charge in [0.1, 0.15) is 17.6 Å². The molecule has 0 aromatic heterocycles. The van der Waals surface area contributed by atoms with Crippen LogP contribution in [0, 0.1) is 5.82 Å². The predicted octanol–water partition coefficient (Wildman–Crippen LogP) is 3.10. The molecule has 1 N–H and O–H groups in total. The van der Waals surface area contributed by atoms with E-state index in [0.717, 1.165) is 11.3 Å². The molecule has 2 rings (SSSR count). The van der Waals surface area contributed by atoms with Gasteiger partial charge in [0.2, 0.25) is 5.91 Å². The summed E-state index contributed by atoms with van der Waals surface area (Å²) < 4.78 is 18.5. The Morgan fingerprint density at radius 3 is 2.46 bits per heavy atom. The molecule has 0 aliphatic rings. The summed E-state index contributed by atoms with van der Waals surface area (Å²) in [6.07, 6.45) is 2.47. The Bertz CT molecular complexity index is 756. The molecule has 5 nitrogen and oxygen atoms in total. The van der Waals surface area contributed by atoms with E-state index in [-0.39, 0.29) is 24.2 Å². The van der Waals surface area contributed by atoms with Gasteiger partial charge in [-0.1, -0.05) is 30.3 Å². The van der Waals surface area contributed by atoms with Gasteiger partial charge in [0, 0.05) is 13.6 Å². The molecule has 2 amide bonds. The third-order valence-corrected chi connectivity index (χ3v) is 4.71. The molecule has 0 saturated carbocycles. The zero-order valence-corrected chi connectivity index (χ0v) is 16.9. The maximum atomic E-state index is 13.0. The smallest absolute Gasteiger partial charge is 0.258 e. The molecule has 150 valence electrons. The Balaban J connectivity index is 1.93. The number of rotatable bonds is 10. The number of amides is 2. The highest BCUT2D eigenvalue weighted by Gasteiger charge is 2.24. The van der Waals surface area contributed by atoms with Gasteiger partial charge >= 0.3 is 0 Å². The summed E-state index contributed by atoms with van der Waals surface area (Å²) in [6.45, 7) is 0.181. The number of ether oxygens (including phenoxy) is 1. The van der Waals surface area contributed by atoms with Gasteiger partial charge in [0.25, 0.3) is 5.91 Å². The van der Waals surface area contributed by atoms with Gasteiger partial charge in [0.15, 0.2) is 6.61 Å². The number of hydrogen-bond acceptors (Lipinski definition) is 4. The van der Waals surface area contributed by atoms with E-state index >= 15 is 0 Å². The number of halogens is 1. The number of nitrogens with one attached hydrogen (secondary N) is 1. The van der Waals surface area contributed by atoms with Crippen molar-refractivity contribution in [2.45, 2.75) is 19.0 Å². The van der Waals surface area contributed by atoms with Crippen molar-refractivity contribution in [2.24, 2.45) is 0 Å². The molecule has 0 spiro atoms. The SMILES string of the molecule is CSCC[C@@H](NC(=O)COc1ccccc1)C(=O)N(C)Cc1ccc(F)cc1. The maximum absolute atomic E-state index is 13.0. The minimum atomic E-state index is -0.634. The van der Waals surface area contributed by atoms with E-state index in [1.165, 1.54) is 17.0 Å². The number of thioether (sulfide) groups is 1. The molecule has 0 fully saturated rings. The zero-order valence-electron chi connectivity index (χ0n) is 16.1. The molecule has 2 aromatic rings. The van der Waals surface area contributed by atoms with Gasteiger partial charge in [-0.05, 0) is 48.3 Å². The van der Waals surface area contributed by atoms with Crippen LogP contribution in [0.3, 0.4) is 0 Å². The fraction of sp³-hybridized carbons (Fsp3) is 0.333. The average Bonchev–Trinajstić information content (AvgIpc) is 2.71. The van der Waals surface area contributed by atoms with Gasteiger partial charge in [0.05, 0.1) is 0 Å². The first-order chi connectivity index (χ1) is 13.5. The number of carbonyl (C=O) groups is 2. The number of para-hydroxylation sites is 1. The highest BCUT2D eigenvalue weighted by Crippen LogP contribution is 2.10. The highest BCUT2D eigenvalue weighted by molar-refractivity contribution is 7.98. The monoisotopic (exact) mass is 404 g/mol. The Kier molecular flexibility index (Phi) is 8.81. The molecule has 2 aromatic carbocycles. The van der Waals surface area contributed by atoms with Crippen molar-refractivity contribution >= 4 is 23.6 Å². The molecule has 28 heavy (non-hydrogen) atoms. The predicted molar refractivity (Wildman–Crippen MR) is 110 cm³/mol. The Morgan fingerprint density at radius 2 is 1.82 bits per heavy atom. The van der Waals surface area contributed by atoms with Crippen LogP contribution in [0.4, 0.5) is 4.39 Å². The lowest BCUT2D eigenvalue weighted by Crippen LogP contribution is -2.48. The number of likely N-dealkylation sites (N-methyl/N-ethyl adjacent to an activating group) is 1. The van der Waals surface area contributed by atoms with Crippen LogP contribution in [0.5, 0.6) is 5.75 Å². The highest BCUT2D eigenvalue weighted by atomic mass is 32.2. The molecule has 1 atom stereocenters. The second-order valence-corrected chi connectivity index (χ2v) is 7.31. The summed E-state index contributed by atoms with van der Waals surface area (Å²) in [5.41, 5.74) is 0.819. The third-order valence-electron chi connectivity index (χ3n) is 4.07. The molecule has 0 bridgehead atoms.